The van der Waals surface area contributed by atoms with Crippen LogP contribution in [0.15, 0.2) is 23.3 Å². The summed E-state index contributed by atoms with van der Waals surface area (Å²) in [7, 11) is 0. The van der Waals surface area contributed by atoms with Crippen molar-refractivity contribution in [2.75, 3.05) is 0 Å². The Labute approximate surface area is 86.0 Å². The van der Waals surface area contributed by atoms with Crippen LogP contribution in [0.25, 0.3) is 0 Å². The van der Waals surface area contributed by atoms with Gasteiger partial charge in [0.25, 0.3) is 0 Å². The van der Waals surface area contributed by atoms with E-state index in [9.17, 15) is 9.90 Å². The summed E-state index contributed by atoms with van der Waals surface area (Å²) < 4.78 is 0. The molecule has 0 saturated carbocycles. The monoisotopic (exact) mass is 209 g/mol. The van der Waals surface area contributed by atoms with Crippen LogP contribution < -0.4 is 11.2 Å². The first-order valence-electron chi connectivity index (χ1n) is 4.13. The summed E-state index contributed by atoms with van der Waals surface area (Å²) in [5, 5.41) is 21.9. The Morgan fingerprint density at radius 3 is 2.60 bits per heavy atom. The van der Waals surface area contributed by atoms with Gasteiger partial charge in [-0.3, -0.25) is 0 Å². The quantitative estimate of drug-likeness (QED) is 0.323. The number of nitrogens with one attached hydrogen (secondary N) is 1. The largest absolute Gasteiger partial charge is 0.504 e. The minimum absolute atomic E-state index is 0.214. The van der Waals surface area contributed by atoms with Gasteiger partial charge < -0.3 is 15.9 Å². The maximum Gasteiger partial charge on any atom is 0.332 e. The lowest BCUT2D eigenvalue weighted by Gasteiger charge is -2.02. The first kappa shape index (κ1) is 10.8. The highest BCUT2D eigenvalue weighted by molar-refractivity contribution is 5.99. The maximum absolute atomic E-state index is 10.4. The van der Waals surface area contributed by atoms with Crippen LogP contribution in [0.4, 0.5) is 4.79 Å². The predicted molar refractivity (Wildman–Crippen MR) is 54.7 cm³/mol. The van der Waals surface area contributed by atoms with Crippen molar-refractivity contribution in [3.05, 3.63) is 23.8 Å². The van der Waals surface area contributed by atoms with Crippen molar-refractivity contribution in [3.63, 3.8) is 0 Å². The van der Waals surface area contributed by atoms with Gasteiger partial charge in [0.05, 0.1) is 5.71 Å². The van der Waals surface area contributed by atoms with Crippen LogP contribution in [-0.2, 0) is 0 Å². The van der Waals surface area contributed by atoms with Gasteiger partial charge in [-0.25, -0.2) is 10.2 Å². The molecule has 2 amide bonds. The molecule has 0 heterocycles. The molecule has 0 fully saturated rings. The number of urea groups is 1. The maximum atomic E-state index is 10.4. The number of carbonyl (C=O) groups excluding carboxylic acids is 1. The molecule has 80 valence electrons. The minimum Gasteiger partial charge on any atom is -0.504 e. The number of hydrogen-bond donors (Lipinski definition) is 4. The van der Waals surface area contributed by atoms with E-state index in [2.05, 4.69) is 10.5 Å². The van der Waals surface area contributed by atoms with Gasteiger partial charge in [-0.05, 0) is 25.1 Å². The third-order valence-electron chi connectivity index (χ3n) is 1.73. The van der Waals surface area contributed by atoms with Gasteiger partial charge in [-0.2, -0.15) is 5.10 Å². The number of primary amides is 1. The molecule has 1 aromatic carbocycles. The van der Waals surface area contributed by atoms with Crippen LogP contribution in [0.1, 0.15) is 12.5 Å². The Bertz CT molecular complexity index is 415. The van der Waals surface area contributed by atoms with Crippen molar-refractivity contribution in [2.24, 2.45) is 10.8 Å². The van der Waals surface area contributed by atoms with Crippen LogP contribution in [0, 0.1) is 0 Å². The number of hydrazone groups is 1. The molecule has 0 aromatic heterocycles. The highest BCUT2D eigenvalue weighted by Crippen LogP contribution is 2.24. The summed E-state index contributed by atoms with van der Waals surface area (Å²) in [6, 6.07) is 3.44. The molecule has 0 bridgehead atoms. The zero-order valence-corrected chi connectivity index (χ0v) is 8.06. The number of nitrogens with two attached hydrogens (primary N) is 1. The molecule has 0 aliphatic heterocycles. The summed E-state index contributed by atoms with van der Waals surface area (Å²) in [4.78, 5) is 10.4. The molecule has 1 aromatic rings. The standard InChI is InChI=1S/C9H11N3O3/c1-5(11-12-9(10)15)6-2-3-7(13)8(14)4-6/h2-4,13-14H,1H3,(H3,10,12,15). The van der Waals surface area contributed by atoms with Crippen LogP contribution >= 0.6 is 0 Å². The lowest BCUT2D eigenvalue weighted by molar-refractivity contribution is 0.249. The number of rotatable bonds is 2. The van der Waals surface area contributed by atoms with E-state index in [4.69, 9.17) is 10.8 Å². The van der Waals surface area contributed by atoms with Gasteiger partial charge in [-0.1, -0.05) is 0 Å². The number of phenolic OH excluding ortho intramolecular Hbond substituents is 2. The average molecular weight is 209 g/mol. The Morgan fingerprint density at radius 1 is 1.40 bits per heavy atom. The summed E-state index contributed by atoms with van der Waals surface area (Å²) in [6.07, 6.45) is 0. The van der Waals surface area contributed by atoms with Crippen LogP contribution in [0.2, 0.25) is 0 Å². The highest BCUT2D eigenvalue weighted by atomic mass is 16.3. The zero-order valence-electron chi connectivity index (χ0n) is 8.06. The molecule has 0 saturated heterocycles. The predicted octanol–water partition coefficient (Wildman–Crippen LogP) is 0.490. The van der Waals surface area contributed by atoms with Gasteiger partial charge in [0, 0.05) is 5.56 Å². The minimum atomic E-state index is -0.766. The van der Waals surface area contributed by atoms with Crippen molar-refractivity contribution in [1.82, 2.24) is 5.43 Å². The normalized spacial score (nSPS) is 11.1. The van der Waals surface area contributed by atoms with E-state index in [0.29, 0.717) is 11.3 Å². The number of hydrogen-bond acceptors (Lipinski definition) is 4. The number of amides is 2. The summed E-state index contributed by atoms with van der Waals surface area (Å²) in [6.45, 7) is 1.63. The molecule has 5 N–H and O–H groups in total. The molecule has 6 nitrogen and oxygen atoms in total. The number of phenols is 2. The molecule has 0 unspecified atom stereocenters. The molecule has 0 atom stereocenters. The Balaban J connectivity index is 2.91. The second kappa shape index (κ2) is 4.32. The lowest BCUT2D eigenvalue weighted by atomic mass is 10.1. The second-order valence-electron chi connectivity index (χ2n) is 2.88. The third-order valence-corrected chi connectivity index (χ3v) is 1.73. The van der Waals surface area contributed by atoms with Gasteiger partial charge in [-0.15, -0.1) is 0 Å². The van der Waals surface area contributed by atoms with Gasteiger partial charge in [0.1, 0.15) is 0 Å². The summed E-state index contributed by atoms with van der Waals surface area (Å²) in [5.74, 6) is -0.462. The summed E-state index contributed by atoms with van der Waals surface area (Å²) in [5.41, 5.74) is 7.92. The van der Waals surface area contributed by atoms with Crippen molar-refractivity contribution in [1.29, 1.82) is 0 Å². The van der Waals surface area contributed by atoms with Gasteiger partial charge in [0.15, 0.2) is 11.5 Å². The Kier molecular flexibility index (Phi) is 3.12. The number of aromatic hydroxyl groups is 2. The first-order valence-corrected chi connectivity index (χ1v) is 4.13. The smallest absolute Gasteiger partial charge is 0.332 e. The van der Waals surface area contributed by atoms with Crippen LogP contribution in [-0.4, -0.2) is 22.0 Å². The molecule has 0 aliphatic carbocycles. The van der Waals surface area contributed by atoms with E-state index >= 15 is 0 Å². The molecule has 0 aliphatic rings. The molecule has 15 heavy (non-hydrogen) atoms. The fraction of sp³-hybridized carbons (Fsp3) is 0.111. The Hall–Kier alpha value is -2.24. The Morgan fingerprint density at radius 2 is 2.07 bits per heavy atom. The van der Waals surface area contributed by atoms with Gasteiger partial charge in [0.2, 0.25) is 0 Å². The molecule has 0 spiro atoms. The van der Waals surface area contributed by atoms with Crippen LogP contribution in [0.5, 0.6) is 11.5 Å². The molecular weight excluding hydrogens is 198 g/mol. The van der Waals surface area contributed by atoms with Crippen LogP contribution in [0.3, 0.4) is 0 Å². The van der Waals surface area contributed by atoms with E-state index in [1.807, 2.05) is 0 Å². The van der Waals surface area contributed by atoms with Crippen molar-refractivity contribution in [2.45, 2.75) is 6.92 Å². The van der Waals surface area contributed by atoms with E-state index in [0.717, 1.165) is 0 Å². The van der Waals surface area contributed by atoms with E-state index in [1.165, 1.54) is 12.1 Å². The average Bonchev–Trinajstić information content (AvgIpc) is 2.18. The third kappa shape index (κ3) is 2.87. The topological polar surface area (TPSA) is 108 Å². The van der Waals surface area contributed by atoms with E-state index in [1.54, 1.807) is 13.0 Å². The molecular formula is C9H11N3O3. The van der Waals surface area contributed by atoms with Crippen molar-refractivity contribution < 1.29 is 15.0 Å². The van der Waals surface area contributed by atoms with Crippen molar-refractivity contribution in [3.8, 4) is 11.5 Å². The van der Waals surface area contributed by atoms with E-state index in [-0.39, 0.29) is 11.5 Å². The second-order valence-corrected chi connectivity index (χ2v) is 2.88. The number of benzene rings is 1. The van der Waals surface area contributed by atoms with Crippen molar-refractivity contribution >= 4 is 11.7 Å². The first-order chi connectivity index (χ1) is 7.00. The van der Waals surface area contributed by atoms with E-state index < -0.39 is 6.03 Å². The molecule has 6 heteroatoms. The van der Waals surface area contributed by atoms with Gasteiger partial charge >= 0.3 is 6.03 Å². The highest BCUT2D eigenvalue weighted by Gasteiger charge is 2.03. The number of carbonyl (C=O) groups is 1. The summed E-state index contributed by atoms with van der Waals surface area (Å²) >= 11 is 0. The number of nitrogens with zero attached hydrogens (tertiary/aromatic N) is 1. The fourth-order valence-corrected chi connectivity index (χ4v) is 0.952. The lowest BCUT2D eigenvalue weighted by Crippen LogP contribution is -2.25. The fourth-order valence-electron chi connectivity index (χ4n) is 0.952. The molecule has 1 rings (SSSR count). The molecule has 0 radical (unpaired) electrons. The zero-order chi connectivity index (χ0) is 11.4. The SMILES string of the molecule is CC(=NNC(N)=O)c1ccc(O)c(O)c1.